The molecule has 0 fully saturated rings. The van der Waals surface area contributed by atoms with Gasteiger partial charge < -0.3 is 20.1 Å². The number of hydrogen-bond donors (Lipinski definition) is 3. The Labute approximate surface area is 58.4 Å². The summed E-state index contributed by atoms with van der Waals surface area (Å²) in [4.78, 5) is 0. The zero-order chi connectivity index (χ0) is 7.56. The first-order valence-corrected chi connectivity index (χ1v) is 3.05. The smallest absolute Gasteiger partial charge is 0.174 e. The van der Waals surface area contributed by atoms with Gasteiger partial charge in [0.15, 0.2) is 6.29 Å². The van der Waals surface area contributed by atoms with Crippen LogP contribution in [0.1, 0.15) is 0 Å². The number of aliphatic hydroxyl groups is 3. The van der Waals surface area contributed by atoms with E-state index in [0.717, 1.165) is 0 Å². The summed E-state index contributed by atoms with van der Waals surface area (Å²) in [7, 11) is 0. The summed E-state index contributed by atoms with van der Waals surface area (Å²) in [5.74, 6) is 0. The van der Waals surface area contributed by atoms with Crippen molar-refractivity contribution in [2.75, 3.05) is 6.61 Å². The molecule has 0 aromatic carbocycles. The van der Waals surface area contributed by atoms with Crippen molar-refractivity contribution in [3.63, 3.8) is 0 Å². The molecule has 1 aliphatic heterocycles. The van der Waals surface area contributed by atoms with Crippen molar-refractivity contribution in [3.05, 3.63) is 12.2 Å². The first kappa shape index (κ1) is 7.68. The SMILES string of the molecule is OC[C@H]1O[C@@H](O)C=C[C@H]1O. The molecule has 0 radical (unpaired) electrons. The van der Waals surface area contributed by atoms with Crippen molar-refractivity contribution < 1.29 is 20.1 Å². The molecule has 0 unspecified atom stereocenters. The lowest BCUT2D eigenvalue weighted by atomic mass is 10.1. The first-order chi connectivity index (χ1) is 4.74. The fraction of sp³-hybridized carbons (Fsp3) is 0.667. The van der Waals surface area contributed by atoms with Crippen LogP contribution in [-0.4, -0.2) is 40.4 Å². The van der Waals surface area contributed by atoms with E-state index in [9.17, 15) is 0 Å². The van der Waals surface area contributed by atoms with Gasteiger partial charge >= 0.3 is 0 Å². The normalized spacial score (nSPS) is 40.1. The van der Waals surface area contributed by atoms with Crippen LogP contribution < -0.4 is 0 Å². The molecule has 0 amide bonds. The molecule has 0 saturated heterocycles. The maximum absolute atomic E-state index is 9.00. The van der Waals surface area contributed by atoms with E-state index in [1.54, 1.807) is 0 Å². The molecule has 0 bridgehead atoms. The summed E-state index contributed by atoms with van der Waals surface area (Å²) in [6.45, 7) is -0.289. The van der Waals surface area contributed by atoms with Crippen LogP contribution >= 0.6 is 0 Å². The van der Waals surface area contributed by atoms with Crippen LogP contribution in [0.4, 0.5) is 0 Å². The summed E-state index contributed by atoms with van der Waals surface area (Å²) in [6, 6.07) is 0. The minimum absolute atomic E-state index is 0.289. The molecular weight excluding hydrogens is 136 g/mol. The Kier molecular flexibility index (Phi) is 2.39. The van der Waals surface area contributed by atoms with Gasteiger partial charge in [0.25, 0.3) is 0 Å². The highest BCUT2D eigenvalue weighted by Crippen LogP contribution is 2.10. The van der Waals surface area contributed by atoms with Crippen molar-refractivity contribution in [1.82, 2.24) is 0 Å². The van der Waals surface area contributed by atoms with Crippen molar-refractivity contribution in [2.45, 2.75) is 18.5 Å². The van der Waals surface area contributed by atoms with Gasteiger partial charge in [-0.05, 0) is 6.08 Å². The van der Waals surface area contributed by atoms with E-state index in [4.69, 9.17) is 20.1 Å². The Bertz CT molecular complexity index is 134. The standard InChI is InChI=1S/C6H10O4/c7-3-5-4(8)1-2-6(9)10-5/h1-2,4-9H,3H2/t4-,5-,6-/m1/s1. The summed E-state index contributed by atoms with van der Waals surface area (Å²) >= 11 is 0. The van der Waals surface area contributed by atoms with E-state index in [1.165, 1.54) is 12.2 Å². The lowest BCUT2D eigenvalue weighted by Crippen LogP contribution is -2.37. The van der Waals surface area contributed by atoms with Crippen LogP contribution in [0.25, 0.3) is 0 Å². The minimum atomic E-state index is -0.999. The maximum Gasteiger partial charge on any atom is 0.174 e. The molecular formula is C6H10O4. The monoisotopic (exact) mass is 146 g/mol. The van der Waals surface area contributed by atoms with Crippen LogP contribution in [0, 0.1) is 0 Å². The Hall–Kier alpha value is -0.420. The molecule has 0 aromatic heterocycles. The summed E-state index contributed by atoms with van der Waals surface area (Å²) in [5, 5.41) is 26.4. The van der Waals surface area contributed by atoms with Crippen LogP contribution in [0.15, 0.2) is 12.2 Å². The van der Waals surface area contributed by atoms with E-state index in [1.807, 2.05) is 0 Å². The molecule has 0 spiro atoms. The lowest BCUT2D eigenvalue weighted by molar-refractivity contribution is -0.154. The molecule has 0 aliphatic carbocycles. The molecule has 1 aliphatic rings. The molecule has 10 heavy (non-hydrogen) atoms. The summed E-state index contributed by atoms with van der Waals surface area (Å²) in [5.41, 5.74) is 0. The summed E-state index contributed by atoms with van der Waals surface area (Å²) in [6.07, 6.45) is 0.222. The van der Waals surface area contributed by atoms with E-state index >= 15 is 0 Å². The fourth-order valence-corrected chi connectivity index (χ4v) is 0.789. The Balaban J connectivity index is 2.53. The van der Waals surface area contributed by atoms with Crippen LogP contribution in [0.5, 0.6) is 0 Å². The highest BCUT2D eigenvalue weighted by Gasteiger charge is 2.23. The molecule has 4 heteroatoms. The molecule has 3 N–H and O–H groups in total. The van der Waals surface area contributed by atoms with Crippen LogP contribution in [0.3, 0.4) is 0 Å². The highest BCUT2D eigenvalue weighted by atomic mass is 16.6. The van der Waals surface area contributed by atoms with Gasteiger partial charge in [-0.2, -0.15) is 0 Å². The topological polar surface area (TPSA) is 69.9 Å². The fourth-order valence-electron chi connectivity index (χ4n) is 0.789. The average molecular weight is 146 g/mol. The number of hydrogen-bond acceptors (Lipinski definition) is 4. The third-order valence-electron chi connectivity index (χ3n) is 1.35. The van der Waals surface area contributed by atoms with Crippen LogP contribution in [-0.2, 0) is 4.74 Å². The van der Waals surface area contributed by atoms with Crippen molar-refractivity contribution >= 4 is 0 Å². The quantitative estimate of drug-likeness (QED) is 0.398. The lowest BCUT2D eigenvalue weighted by Gasteiger charge is -2.24. The van der Waals surface area contributed by atoms with Crippen molar-refractivity contribution in [2.24, 2.45) is 0 Å². The van der Waals surface area contributed by atoms with Crippen molar-refractivity contribution in [1.29, 1.82) is 0 Å². The zero-order valence-corrected chi connectivity index (χ0v) is 5.34. The van der Waals surface area contributed by atoms with E-state index in [-0.39, 0.29) is 6.61 Å². The molecule has 1 rings (SSSR count). The average Bonchev–Trinajstić information content (AvgIpc) is 1.94. The van der Waals surface area contributed by atoms with E-state index in [0.29, 0.717) is 0 Å². The Morgan fingerprint density at radius 2 is 2.00 bits per heavy atom. The molecule has 4 nitrogen and oxygen atoms in total. The van der Waals surface area contributed by atoms with Gasteiger partial charge in [0, 0.05) is 0 Å². The van der Waals surface area contributed by atoms with Gasteiger partial charge in [-0.25, -0.2) is 0 Å². The second-order valence-electron chi connectivity index (χ2n) is 2.12. The van der Waals surface area contributed by atoms with E-state index < -0.39 is 18.5 Å². The van der Waals surface area contributed by atoms with Crippen molar-refractivity contribution in [3.8, 4) is 0 Å². The molecule has 58 valence electrons. The second-order valence-corrected chi connectivity index (χ2v) is 2.12. The highest BCUT2D eigenvalue weighted by molar-refractivity contribution is 4.98. The molecule has 0 aromatic rings. The zero-order valence-electron chi connectivity index (χ0n) is 5.34. The van der Waals surface area contributed by atoms with Gasteiger partial charge in [0.1, 0.15) is 12.2 Å². The minimum Gasteiger partial charge on any atom is -0.394 e. The van der Waals surface area contributed by atoms with Gasteiger partial charge in [0.2, 0.25) is 0 Å². The predicted molar refractivity (Wildman–Crippen MR) is 33.1 cm³/mol. The summed E-state index contributed by atoms with van der Waals surface area (Å²) < 4.78 is 4.72. The first-order valence-electron chi connectivity index (χ1n) is 3.05. The van der Waals surface area contributed by atoms with Gasteiger partial charge in [0.05, 0.1) is 6.61 Å². The maximum atomic E-state index is 9.00. The number of aliphatic hydroxyl groups excluding tert-OH is 3. The van der Waals surface area contributed by atoms with Crippen LogP contribution in [0.2, 0.25) is 0 Å². The number of ether oxygens (including phenoxy) is 1. The van der Waals surface area contributed by atoms with E-state index in [2.05, 4.69) is 0 Å². The Morgan fingerprint density at radius 3 is 2.50 bits per heavy atom. The third kappa shape index (κ3) is 1.54. The molecule has 0 saturated carbocycles. The van der Waals surface area contributed by atoms with Gasteiger partial charge in [-0.1, -0.05) is 6.08 Å². The molecule has 3 atom stereocenters. The predicted octanol–water partition coefficient (Wildman–Crippen LogP) is -1.39. The third-order valence-corrected chi connectivity index (χ3v) is 1.35. The van der Waals surface area contributed by atoms with Gasteiger partial charge in [-0.3, -0.25) is 0 Å². The molecule has 1 heterocycles. The Morgan fingerprint density at radius 1 is 1.30 bits per heavy atom. The second kappa shape index (κ2) is 3.12. The van der Waals surface area contributed by atoms with Gasteiger partial charge in [-0.15, -0.1) is 0 Å². The number of rotatable bonds is 1. The largest absolute Gasteiger partial charge is 0.394 e.